The summed E-state index contributed by atoms with van der Waals surface area (Å²) in [6.45, 7) is 6.20. The number of aromatic amines is 1. The lowest BCUT2D eigenvalue weighted by Crippen LogP contribution is -2.42. The van der Waals surface area contributed by atoms with Crippen LogP contribution in [0.3, 0.4) is 0 Å². The Balaban J connectivity index is 1.69. The van der Waals surface area contributed by atoms with Gasteiger partial charge in [-0.05, 0) is 45.7 Å². The van der Waals surface area contributed by atoms with Gasteiger partial charge in [0.25, 0.3) is 0 Å². The number of nitrogens with zero attached hydrogens (tertiary/aromatic N) is 2. The third-order valence-electron chi connectivity index (χ3n) is 3.93. The molecule has 7 heteroatoms. The number of H-pyrrole nitrogens is 1. The minimum atomic E-state index is -1.28. The fourth-order valence-corrected chi connectivity index (χ4v) is 4.14. The Morgan fingerprint density at radius 2 is 2.17 bits per heavy atom. The van der Waals surface area contributed by atoms with Crippen molar-refractivity contribution in [1.82, 2.24) is 14.9 Å². The first-order valence-corrected chi connectivity index (χ1v) is 9.48. The van der Waals surface area contributed by atoms with E-state index in [0.29, 0.717) is 17.5 Å². The molecule has 1 aromatic heterocycles. The molecule has 0 unspecified atom stereocenters. The zero-order chi connectivity index (χ0) is 17.3. The quantitative estimate of drug-likeness (QED) is 0.924. The Morgan fingerprint density at radius 1 is 1.42 bits per heavy atom. The molecule has 6 nitrogen and oxygen atoms in total. The van der Waals surface area contributed by atoms with Crippen LogP contribution in [0.4, 0.5) is 4.79 Å². The van der Waals surface area contributed by atoms with E-state index < -0.39 is 16.4 Å². The van der Waals surface area contributed by atoms with Crippen molar-refractivity contribution in [3.63, 3.8) is 0 Å². The summed E-state index contributed by atoms with van der Waals surface area (Å²) in [5.74, 6) is 0.374. The Morgan fingerprint density at radius 3 is 2.88 bits per heavy atom. The average molecular weight is 349 g/mol. The Labute approximate surface area is 144 Å². The third kappa shape index (κ3) is 3.77. The molecular formula is C17H23N3O3S. The van der Waals surface area contributed by atoms with Gasteiger partial charge in [0.2, 0.25) is 0 Å². The van der Waals surface area contributed by atoms with Gasteiger partial charge in [0, 0.05) is 12.6 Å². The van der Waals surface area contributed by atoms with Crippen molar-refractivity contribution in [3.8, 4) is 0 Å². The number of amides is 1. The van der Waals surface area contributed by atoms with Crippen LogP contribution in [0.25, 0.3) is 11.0 Å². The molecule has 0 saturated carbocycles. The lowest BCUT2D eigenvalue weighted by molar-refractivity contribution is 0.0241. The summed E-state index contributed by atoms with van der Waals surface area (Å²) in [6, 6.07) is 7.53. The highest BCUT2D eigenvalue weighted by Crippen LogP contribution is 2.23. The zero-order valence-corrected chi connectivity index (χ0v) is 15.1. The van der Waals surface area contributed by atoms with Gasteiger partial charge in [-0.3, -0.25) is 4.21 Å². The Bertz CT molecular complexity index is 733. The highest BCUT2D eigenvalue weighted by molar-refractivity contribution is 7.84. The highest BCUT2D eigenvalue weighted by atomic mass is 32.2. The van der Waals surface area contributed by atoms with Crippen LogP contribution in [0.1, 0.15) is 33.6 Å². The van der Waals surface area contributed by atoms with Gasteiger partial charge in [-0.15, -0.1) is 0 Å². The zero-order valence-electron chi connectivity index (χ0n) is 14.2. The highest BCUT2D eigenvalue weighted by Gasteiger charge is 2.33. The van der Waals surface area contributed by atoms with Crippen LogP contribution in [-0.2, 0) is 15.5 Å². The van der Waals surface area contributed by atoms with Crippen molar-refractivity contribution < 1.29 is 13.7 Å². The summed E-state index contributed by atoms with van der Waals surface area (Å²) in [6.07, 6.45) is 1.42. The summed E-state index contributed by atoms with van der Waals surface area (Å²) in [7, 11) is -1.28. The number of carbonyl (C=O) groups excluding carboxylic acids is 1. The van der Waals surface area contributed by atoms with Crippen molar-refractivity contribution >= 4 is 27.9 Å². The number of hydrogen-bond acceptors (Lipinski definition) is 4. The van der Waals surface area contributed by atoms with Gasteiger partial charge < -0.3 is 14.6 Å². The number of nitrogens with one attached hydrogen (secondary N) is 1. The van der Waals surface area contributed by atoms with Gasteiger partial charge in [-0.2, -0.15) is 0 Å². The molecule has 0 bridgehead atoms. The van der Waals surface area contributed by atoms with Crippen molar-refractivity contribution in [2.75, 3.05) is 12.3 Å². The molecule has 0 radical (unpaired) electrons. The SMILES string of the molecule is CC(C)(C)OC(=O)N1CCC[C@H]1C[S@@](=O)c1nc2ccccc2[nH]1. The van der Waals surface area contributed by atoms with Crippen molar-refractivity contribution in [1.29, 1.82) is 0 Å². The maximum absolute atomic E-state index is 12.7. The molecule has 1 amide bonds. The number of carbonyl (C=O) groups is 1. The van der Waals surface area contributed by atoms with Crippen molar-refractivity contribution in [2.45, 2.75) is 50.4 Å². The second kappa shape index (κ2) is 6.55. The number of ether oxygens (including phenoxy) is 1. The first-order valence-electron chi connectivity index (χ1n) is 8.16. The summed E-state index contributed by atoms with van der Waals surface area (Å²) < 4.78 is 18.1. The van der Waals surface area contributed by atoms with Gasteiger partial charge in [-0.1, -0.05) is 12.1 Å². The van der Waals surface area contributed by atoms with E-state index in [0.717, 1.165) is 23.9 Å². The van der Waals surface area contributed by atoms with E-state index in [2.05, 4.69) is 9.97 Å². The van der Waals surface area contributed by atoms with E-state index in [1.807, 2.05) is 45.0 Å². The molecule has 130 valence electrons. The molecule has 3 rings (SSSR count). The monoisotopic (exact) mass is 349 g/mol. The van der Waals surface area contributed by atoms with Gasteiger partial charge >= 0.3 is 6.09 Å². The molecule has 2 atom stereocenters. The van der Waals surface area contributed by atoms with E-state index >= 15 is 0 Å². The lowest BCUT2D eigenvalue weighted by atomic mass is 10.2. The van der Waals surface area contributed by atoms with Crippen molar-refractivity contribution in [3.05, 3.63) is 24.3 Å². The molecule has 1 aliphatic rings. The predicted octanol–water partition coefficient (Wildman–Crippen LogP) is 3.07. The van der Waals surface area contributed by atoms with E-state index in [1.54, 1.807) is 4.90 Å². The van der Waals surface area contributed by atoms with E-state index in [9.17, 15) is 9.00 Å². The first-order chi connectivity index (χ1) is 11.3. The molecule has 0 spiro atoms. The molecule has 1 aliphatic heterocycles. The predicted molar refractivity (Wildman–Crippen MR) is 93.3 cm³/mol. The molecule has 24 heavy (non-hydrogen) atoms. The largest absolute Gasteiger partial charge is 0.444 e. The van der Waals surface area contributed by atoms with Crippen LogP contribution in [-0.4, -0.2) is 49.1 Å². The maximum Gasteiger partial charge on any atom is 0.410 e. The fourth-order valence-electron chi connectivity index (χ4n) is 2.86. The number of rotatable bonds is 3. The Kier molecular flexibility index (Phi) is 4.62. The third-order valence-corrected chi connectivity index (χ3v) is 5.24. The number of para-hydroxylation sites is 2. The molecule has 1 fully saturated rings. The van der Waals surface area contributed by atoms with Crippen LogP contribution in [0, 0.1) is 0 Å². The standard InChI is InChI=1S/C17H23N3O3S/c1-17(2,3)23-16(21)20-10-6-7-12(20)11-24(22)15-18-13-8-4-5-9-14(13)19-15/h4-5,8-9,12H,6-7,10-11H2,1-3H3,(H,18,19)/t12-,24+/m0/s1. The normalized spacial score (nSPS) is 19.6. The molecule has 2 aromatic rings. The van der Waals surface area contributed by atoms with Gasteiger partial charge in [0.05, 0.1) is 27.6 Å². The van der Waals surface area contributed by atoms with Crippen LogP contribution in [0.5, 0.6) is 0 Å². The lowest BCUT2D eigenvalue weighted by Gasteiger charge is -2.28. The number of likely N-dealkylation sites (tertiary alicyclic amines) is 1. The van der Waals surface area contributed by atoms with E-state index in [1.165, 1.54) is 0 Å². The summed E-state index contributed by atoms with van der Waals surface area (Å²) >= 11 is 0. The van der Waals surface area contributed by atoms with Crippen molar-refractivity contribution in [2.24, 2.45) is 0 Å². The first kappa shape index (κ1) is 17.0. The second-order valence-corrected chi connectivity index (χ2v) is 8.45. The van der Waals surface area contributed by atoms with E-state index in [4.69, 9.17) is 4.74 Å². The van der Waals surface area contributed by atoms with Crippen LogP contribution in [0.15, 0.2) is 29.4 Å². The number of hydrogen-bond donors (Lipinski definition) is 1. The molecule has 0 aliphatic carbocycles. The molecular weight excluding hydrogens is 326 g/mol. The number of imidazole rings is 1. The van der Waals surface area contributed by atoms with Crippen LogP contribution < -0.4 is 0 Å². The summed E-state index contributed by atoms with van der Waals surface area (Å²) in [4.78, 5) is 21.5. The topological polar surface area (TPSA) is 75.3 Å². The number of fused-ring (bicyclic) bond motifs is 1. The number of aromatic nitrogens is 2. The van der Waals surface area contributed by atoms with Crippen LogP contribution >= 0.6 is 0 Å². The van der Waals surface area contributed by atoms with Crippen LogP contribution in [0.2, 0.25) is 0 Å². The second-order valence-electron chi connectivity index (χ2n) is 7.04. The molecule has 1 N–H and O–H groups in total. The Hall–Kier alpha value is -1.89. The summed E-state index contributed by atoms with van der Waals surface area (Å²) in [5.41, 5.74) is 1.15. The fraction of sp³-hybridized carbons (Fsp3) is 0.529. The minimum Gasteiger partial charge on any atom is -0.444 e. The average Bonchev–Trinajstić information content (AvgIpc) is 3.11. The molecule has 1 saturated heterocycles. The van der Waals surface area contributed by atoms with Gasteiger partial charge in [-0.25, -0.2) is 9.78 Å². The number of benzene rings is 1. The molecule has 1 aromatic carbocycles. The molecule has 2 heterocycles. The van der Waals surface area contributed by atoms with E-state index in [-0.39, 0.29) is 12.1 Å². The van der Waals surface area contributed by atoms with Gasteiger partial charge in [0.15, 0.2) is 5.16 Å². The minimum absolute atomic E-state index is 0.0751. The maximum atomic E-state index is 12.7. The summed E-state index contributed by atoms with van der Waals surface area (Å²) in [5, 5.41) is 0.465. The smallest absolute Gasteiger partial charge is 0.410 e. The van der Waals surface area contributed by atoms with Gasteiger partial charge in [0.1, 0.15) is 5.60 Å².